The van der Waals surface area contributed by atoms with Crippen LogP contribution in [0, 0.1) is 0 Å². The summed E-state index contributed by atoms with van der Waals surface area (Å²) in [5, 5.41) is 21.5. The van der Waals surface area contributed by atoms with Crippen LogP contribution in [-0.4, -0.2) is 65.5 Å². The Morgan fingerprint density at radius 2 is 1.97 bits per heavy atom. The predicted octanol–water partition coefficient (Wildman–Crippen LogP) is 4.00. The highest BCUT2D eigenvalue weighted by molar-refractivity contribution is 6.01. The fourth-order valence-electron chi connectivity index (χ4n) is 4.85. The molecule has 180 valence electrons. The number of rotatable bonds is 8. The summed E-state index contributed by atoms with van der Waals surface area (Å²) in [6, 6.07) is 18.2. The molecule has 35 heavy (non-hydrogen) atoms. The summed E-state index contributed by atoms with van der Waals surface area (Å²) >= 11 is 0. The highest BCUT2D eigenvalue weighted by Crippen LogP contribution is 2.37. The number of benzene rings is 3. The average molecular weight is 470 g/mol. The van der Waals surface area contributed by atoms with Crippen molar-refractivity contribution in [2.75, 3.05) is 38.6 Å². The Hall–Kier alpha value is -3.84. The number of hydrogen-bond acceptors (Lipinski definition) is 5. The van der Waals surface area contributed by atoms with E-state index in [0.717, 1.165) is 71.2 Å². The summed E-state index contributed by atoms with van der Waals surface area (Å²) in [4.78, 5) is 16.2. The SMILES string of the molecule is C=CC(=O)NC1CN(c2c3ccc(-c4cc(O)cc5ccccc45)cc3nn2CCCN(C)C)C1. The molecule has 7 nitrogen and oxygen atoms in total. The van der Waals surface area contributed by atoms with E-state index in [1.54, 1.807) is 6.07 Å². The maximum atomic E-state index is 11.7. The predicted molar refractivity (Wildman–Crippen MR) is 142 cm³/mol. The van der Waals surface area contributed by atoms with Gasteiger partial charge in [-0.15, -0.1) is 0 Å². The van der Waals surface area contributed by atoms with Crippen LogP contribution in [0.25, 0.3) is 32.8 Å². The van der Waals surface area contributed by atoms with Crippen molar-refractivity contribution in [1.29, 1.82) is 0 Å². The van der Waals surface area contributed by atoms with E-state index in [2.05, 4.69) is 64.7 Å². The van der Waals surface area contributed by atoms with E-state index in [9.17, 15) is 9.90 Å². The Kier molecular flexibility index (Phi) is 6.17. The molecule has 2 heterocycles. The molecule has 5 rings (SSSR count). The standard InChI is InChI=1S/C28H31N5O2/c1-4-27(35)29-21-17-32(18-21)28-24-11-10-20(15-26(24)30-33(28)13-7-12-31(2)3)25-16-22(34)14-19-8-5-6-9-23(19)25/h4-6,8-11,14-16,21,34H,1,7,12-13,17-18H2,2-3H3,(H,29,35). The number of anilines is 1. The van der Waals surface area contributed by atoms with Gasteiger partial charge in [0.05, 0.1) is 11.6 Å². The topological polar surface area (TPSA) is 73.6 Å². The van der Waals surface area contributed by atoms with E-state index in [1.807, 2.05) is 24.3 Å². The van der Waals surface area contributed by atoms with Crippen LogP contribution in [0.5, 0.6) is 5.75 Å². The molecular formula is C28H31N5O2. The zero-order valence-corrected chi connectivity index (χ0v) is 20.2. The number of carbonyl (C=O) groups is 1. The summed E-state index contributed by atoms with van der Waals surface area (Å²) in [7, 11) is 4.16. The van der Waals surface area contributed by atoms with E-state index >= 15 is 0 Å². The smallest absolute Gasteiger partial charge is 0.243 e. The third-order valence-electron chi connectivity index (χ3n) is 6.56. The zero-order valence-electron chi connectivity index (χ0n) is 20.2. The molecule has 1 amide bonds. The van der Waals surface area contributed by atoms with E-state index in [-0.39, 0.29) is 17.7 Å². The third kappa shape index (κ3) is 4.59. The quantitative estimate of drug-likeness (QED) is 0.382. The average Bonchev–Trinajstić information content (AvgIpc) is 3.17. The van der Waals surface area contributed by atoms with Crippen LogP contribution < -0.4 is 10.2 Å². The highest BCUT2D eigenvalue weighted by Gasteiger charge is 2.31. The van der Waals surface area contributed by atoms with Gasteiger partial charge in [-0.05, 0) is 79.3 Å². The summed E-state index contributed by atoms with van der Waals surface area (Å²) < 4.78 is 2.10. The van der Waals surface area contributed by atoms with Gasteiger partial charge in [-0.2, -0.15) is 5.10 Å². The lowest BCUT2D eigenvalue weighted by atomic mass is 9.97. The first-order valence-corrected chi connectivity index (χ1v) is 12.0. The molecule has 2 N–H and O–H groups in total. The Labute approximate surface area is 205 Å². The Morgan fingerprint density at radius 3 is 2.74 bits per heavy atom. The third-order valence-corrected chi connectivity index (χ3v) is 6.56. The lowest BCUT2D eigenvalue weighted by Gasteiger charge is -2.41. The molecule has 1 aliphatic heterocycles. The monoisotopic (exact) mass is 469 g/mol. The van der Waals surface area contributed by atoms with E-state index in [4.69, 9.17) is 5.10 Å². The molecule has 0 radical (unpaired) electrons. The van der Waals surface area contributed by atoms with Gasteiger partial charge in [-0.3, -0.25) is 4.79 Å². The van der Waals surface area contributed by atoms with Crippen LogP contribution >= 0.6 is 0 Å². The number of amides is 1. The minimum atomic E-state index is -0.137. The molecule has 7 heteroatoms. The van der Waals surface area contributed by atoms with Gasteiger partial charge in [0, 0.05) is 25.0 Å². The number of carbonyl (C=O) groups excluding carboxylic acids is 1. The second kappa shape index (κ2) is 9.43. The van der Waals surface area contributed by atoms with Crippen molar-refractivity contribution in [1.82, 2.24) is 20.0 Å². The molecule has 1 aliphatic rings. The minimum absolute atomic E-state index is 0.110. The van der Waals surface area contributed by atoms with Crippen LogP contribution in [0.15, 0.2) is 67.3 Å². The van der Waals surface area contributed by atoms with Crippen molar-refractivity contribution in [2.24, 2.45) is 0 Å². The van der Waals surface area contributed by atoms with Crippen molar-refractivity contribution in [3.63, 3.8) is 0 Å². The van der Waals surface area contributed by atoms with E-state index < -0.39 is 0 Å². The van der Waals surface area contributed by atoms with E-state index in [0.29, 0.717) is 0 Å². The molecule has 0 bridgehead atoms. The second-order valence-electron chi connectivity index (χ2n) is 9.46. The molecule has 0 unspecified atom stereocenters. The molecule has 0 saturated carbocycles. The van der Waals surface area contributed by atoms with Crippen molar-refractivity contribution in [3.05, 3.63) is 67.3 Å². The highest BCUT2D eigenvalue weighted by atomic mass is 16.3. The molecule has 3 aromatic carbocycles. The number of hydrogen-bond donors (Lipinski definition) is 2. The van der Waals surface area contributed by atoms with Gasteiger partial charge >= 0.3 is 0 Å². The van der Waals surface area contributed by atoms with Gasteiger partial charge in [0.25, 0.3) is 0 Å². The first kappa shape index (κ1) is 22.9. The van der Waals surface area contributed by atoms with Gasteiger partial charge in [-0.25, -0.2) is 4.68 Å². The van der Waals surface area contributed by atoms with Crippen LogP contribution in [0.3, 0.4) is 0 Å². The van der Waals surface area contributed by atoms with Crippen molar-refractivity contribution in [2.45, 2.75) is 19.0 Å². The van der Waals surface area contributed by atoms with Gasteiger partial charge in [0.15, 0.2) is 0 Å². The molecule has 4 aromatic rings. The number of phenolic OH excluding ortho intramolecular Hbond substituents is 1. The van der Waals surface area contributed by atoms with Gasteiger partial charge in [0.2, 0.25) is 5.91 Å². The van der Waals surface area contributed by atoms with Crippen LogP contribution in [0.1, 0.15) is 6.42 Å². The Morgan fingerprint density at radius 1 is 1.17 bits per heavy atom. The number of phenols is 1. The molecule has 1 aromatic heterocycles. The molecular weight excluding hydrogens is 438 g/mol. The minimum Gasteiger partial charge on any atom is -0.508 e. The first-order valence-electron chi connectivity index (χ1n) is 12.0. The number of aromatic hydroxyl groups is 1. The number of aryl methyl sites for hydroxylation is 1. The fraction of sp³-hybridized carbons (Fsp3) is 0.286. The molecule has 0 spiro atoms. The summed E-state index contributed by atoms with van der Waals surface area (Å²) in [6.07, 6.45) is 2.30. The van der Waals surface area contributed by atoms with Crippen LogP contribution in [-0.2, 0) is 11.3 Å². The molecule has 1 saturated heterocycles. The van der Waals surface area contributed by atoms with Gasteiger partial charge < -0.3 is 20.2 Å². The van der Waals surface area contributed by atoms with Gasteiger partial charge in [-0.1, -0.05) is 36.9 Å². The van der Waals surface area contributed by atoms with Crippen LogP contribution in [0.4, 0.5) is 5.82 Å². The number of aromatic nitrogens is 2. The summed E-state index contributed by atoms with van der Waals surface area (Å²) in [6.45, 7) is 6.82. The summed E-state index contributed by atoms with van der Waals surface area (Å²) in [5.41, 5.74) is 2.93. The molecule has 0 atom stereocenters. The summed E-state index contributed by atoms with van der Waals surface area (Å²) in [5.74, 6) is 1.21. The van der Waals surface area contributed by atoms with E-state index in [1.165, 1.54) is 6.08 Å². The zero-order chi connectivity index (χ0) is 24.5. The lowest BCUT2D eigenvalue weighted by molar-refractivity contribution is -0.117. The maximum Gasteiger partial charge on any atom is 0.243 e. The first-order chi connectivity index (χ1) is 16.9. The Balaban J connectivity index is 1.52. The lowest BCUT2D eigenvalue weighted by Crippen LogP contribution is -2.59. The van der Waals surface area contributed by atoms with Crippen LogP contribution in [0.2, 0.25) is 0 Å². The largest absolute Gasteiger partial charge is 0.508 e. The van der Waals surface area contributed by atoms with Gasteiger partial charge in [0.1, 0.15) is 11.6 Å². The normalized spacial score (nSPS) is 14.0. The fourth-order valence-corrected chi connectivity index (χ4v) is 4.85. The number of nitrogens with zero attached hydrogens (tertiary/aromatic N) is 4. The maximum absolute atomic E-state index is 11.7. The number of nitrogens with one attached hydrogen (secondary N) is 1. The Bertz CT molecular complexity index is 1400. The van der Waals surface area contributed by atoms with Crippen molar-refractivity contribution < 1.29 is 9.90 Å². The number of fused-ring (bicyclic) bond motifs is 2. The molecule has 0 aliphatic carbocycles. The van der Waals surface area contributed by atoms with Crippen molar-refractivity contribution >= 4 is 33.4 Å². The van der Waals surface area contributed by atoms with Crippen molar-refractivity contribution in [3.8, 4) is 16.9 Å². The second-order valence-corrected chi connectivity index (χ2v) is 9.46. The molecule has 1 fully saturated rings.